The second-order valence-corrected chi connectivity index (χ2v) is 7.54. The maximum absolute atomic E-state index is 12.6. The average Bonchev–Trinajstić information content (AvgIpc) is 3.28. The third-order valence-corrected chi connectivity index (χ3v) is 5.09. The molecule has 1 aromatic carbocycles. The van der Waals surface area contributed by atoms with E-state index in [4.69, 9.17) is 16.1 Å². The van der Waals surface area contributed by atoms with Crippen molar-refractivity contribution in [3.05, 3.63) is 46.6 Å². The number of benzene rings is 1. The summed E-state index contributed by atoms with van der Waals surface area (Å²) in [4.78, 5) is 30.1. The summed E-state index contributed by atoms with van der Waals surface area (Å²) in [7, 11) is 0. The van der Waals surface area contributed by atoms with Crippen LogP contribution in [-0.4, -0.2) is 45.1 Å². The monoisotopic (exact) mass is 391 g/mol. The molecule has 0 saturated carbocycles. The zero-order chi connectivity index (χ0) is 19.6. The normalized spacial score (nSPS) is 19.6. The zero-order valence-corrected chi connectivity index (χ0v) is 16.0. The van der Waals surface area contributed by atoms with Gasteiger partial charge in [0.25, 0.3) is 0 Å². The first-order chi connectivity index (χ1) is 12.8. The summed E-state index contributed by atoms with van der Waals surface area (Å²) in [6, 6.07) is 7.12. The molecule has 1 aliphatic heterocycles. The molecular formula is C19H22ClN3O4. The van der Waals surface area contributed by atoms with Crippen LogP contribution in [0.1, 0.15) is 49.4 Å². The molecule has 0 aliphatic carbocycles. The minimum atomic E-state index is -0.899. The van der Waals surface area contributed by atoms with Crippen LogP contribution in [0, 0.1) is 5.92 Å². The molecule has 1 aliphatic rings. The molecule has 7 nitrogen and oxygen atoms in total. The van der Waals surface area contributed by atoms with Gasteiger partial charge in [-0.25, -0.2) is 0 Å². The molecule has 2 aromatic rings. The topological polar surface area (TPSA) is 96.5 Å². The van der Waals surface area contributed by atoms with Gasteiger partial charge >= 0.3 is 5.97 Å². The fourth-order valence-electron chi connectivity index (χ4n) is 3.28. The van der Waals surface area contributed by atoms with Crippen molar-refractivity contribution in [2.75, 3.05) is 13.1 Å². The average molecular weight is 392 g/mol. The van der Waals surface area contributed by atoms with Crippen LogP contribution in [0.5, 0.6) is 0 Å². The first-order valence-electron chi connectivity index (χ1n) is 8.93. The highest BCUT2D eigenvalue weighted by molar-refractivity contribution is 6.30. The van der Waals surface area contributed by atoms with Crippen LogP contribution in [0.25, 0.3) is 0 Å². The Kier molecular flexibility index (Phi) is 5.79. The number of aromatic nitrogens is 2. The van der Waals surface area contributed by atoms with Gasteiger partial charge < -0.3 is 14.5 Å². The second-order valence-electron chi connectivity index (χ2n) is 7.10. The van der Waals surface area contributed by atoms with Crippen LogP contribution in [0.15, 0.2) is 28.8 Å². The number of carbonyl (C=O) groups excluding carboxylic acids is 1. The molecular weight excluding hydrogens is 370 g/mol. The Hall–Kier alpha value is -2.41. The Labute approximate surface area is 162 Å². The lowest BCUT2D eigenvalue weighted by atomic mass is 9.89. The summed E-state index contributed by atoms with van der Waals surface area (Å²) >= 11 is 5.92. The van der Waals surface area contributed by atoms with Gasteiger partial charge in [0.15, 0.2) is 5.82 Å². The summed E-state index contributed by atoms with van der Waals surface area (Å²) < 4.78 is 5.16. The van der Waals surface area contributed by atoms with Crippen molar-refractivity contribution in [1.29, 1.82) is 0 Å². The molecule has 8 heteroatoms. The van der Waals surface area contributed by atoms with Gasteiger partial charge in [-0.05, 0) is 17.7 Å². The highest BCUT2D eigenvalue weighted by atomic mass is 35.5. The van der Waals surface area contributed by atoms with Crippen molar-refractivity contribution >= 4 is 23.5 Å². The van der Waals surface area contributed by atoms with E-state index in [9.17, 15) is 14.7 Å². The number of hydrogen-bond acceptors (Lipinski definition) is 5. The minimum absolute atomic E-state index is 0.109. The number of amides is 1. The smallest absolute Gasteiger partial charge is 0.308 e. The fraction of sp³-hybridized carbons (Fsp3) is 0.474. The summed E-state index contributed by atoms with van der Waals surface area (Å²) in [5.74, 6) is -0.688. The second kappa shape index (κ2) is 8.08. The first kappa shape index (κ1) is 19.4. The molecule has 1 fully saturated rings. The summed E-state index contributed by atoms with van der Waals surface area (Å²) in [6.45, 7) is 4.50. The van der Waals surface area contributed by atoms with Crippen LogP contribution in [0.2, 0.25) is 5.02 Å². The van der Waals surface area contributed by atoms with E-state index < -0.39 is 11.9 Å². The molecule has 0 bridgehead atoms. The van der Waals surface area contributed by atoms with Gasteiger partial charge in [0.05, 0.1) is 5.92 Å². The SMILES string of the molecule is CC(C)c1noc(CCC(=O)N2C[C@@H](C(=O)O)[C@H](c3ccc(Cl)cc3)C2)n1. The summed E-state index contributed by atoms with van der Waals surface area (Å²) in [5.41, 5.74) is 0.876. The van der Waals surface area contributed by atoms with E-state index in [0.717, 1.165) is 5.56 Å². The molecule has 1 saturated heterocycles. The summed E-state index contributed by atoms with van der Waals surface area (Å²) in [6.07, 6.45) is 0.553. The van der Waals surface area contributed by atoms with E-state index in [1.54, 1.807) is 17.0 Å². The number of aryl methyl sites for hydroxylation is 1. The van der Waals surface area contributed by atoms with Crippen molar-refractivity contribution in [2.24, 2.45) is 5.92 Å². The lowest BCUT2D eigenvalue weighted by Gasteiger charge is -2.16. The van der Waals surface area contributed by atoms with Crippen LogP contribution < -0.4 is 0 Å². The lowest BCUT2D eigenvalue weighted by molar-refractivity contribution is -0.141. The molecule has 2 heterocycles. The summed E-state index contributed by atoms with van der Waals surface area (Å²) in [5, 5.41) is 14.0. The fourth-order valence-corrected chi connectivity index (χ4v) is 3.41. The Bertz CT molecular complexity index is 819. The molecule has 1 N–H and O–H groups in total. The number of likely N-dealkylation sites (tertiary alicyclic amines) is 1. The minimum Gasteiger partial charge on any atom is -0.481 e. The van der Waals surface area contributed by atoms with Crippen molar-refractivity contribution in [1.82, 2.24) is 15.0 Å². The van der Waals surface area contributed by atoms with Crippen LogP contribution in [0.4, 0.5) is 0 Å². The van der Waals surface area contributed by atoms with Crippen molar-refractivity contribution < 1.29 is 19.2 Å². The molecule has 144 valence electrons. The van der Waals surface area contributed by atoms with Gasteiger partial charge in [0.2, 0.25) is 11.8 Å². The third kappa shape index (κ3) is 4.47. The van der Waals surface area contributed by atoms with E-state index in [2.05, 4.69) is 10.1 Å². The van der Waals surface area contributed by atoms with Crippen molar-refractivity contribution in [2.45, 2.75) is 38.5 Å². The van der Waals surface area contributed by atoms with Crippen LogP contribution in [-0.2, 0) is 16.0 Å². The molecule has 3 rings (SSSR count). The van der Waals surface area contributed by atoms with Crippen LogP contribution >= 0.6 is 11.6 Å². The molecule has 27 heavy (non-hydrogen) atoms. The number of nitrogens with zero attached hydrogens (tertiary/aromatic N) is 3. The molecule has 2 atom stereocenters. The number of hydrogen-bond donors (Lipinski definition) is 1. The Morgan fingerprint density at radius 3 is 2.59 bits per heavy atom. The number of halogens is 1. The predicted octanol–water partition coefficient (Wildman–Crippen LogP) is 3.11. The number of aliphatic carboxylic acids is 1. The molecule has 0 spiro atoms. The van der Waals surface area contributed by atoms with Gasteiger partial charge in [-0.3, -0.25) is 9.59 Å². The Balaban J connectivity index is 1.64. The van der Waals surface area contributed by atoms with Gasteiger partial charge in [-0.1, -0.05) is 42.7 Å². The van der Waals surface area contributed by atoms with Gasteiger partial charge in [-0.2, -0.15) is 4.98 Å². The maximum atomic E-state index is 12.6. The number of carboxylic acid groups (broad SMARTS) is 1. The Morgan fingerprint density at radius 2 is 2.00 bits per heavy atom. The molecule has 1 aromatic heterocycles. The first-order valence-corrected chi connectivity index (χ1v) is 9.31. The number of carboxylic acids is 1. The van der Waals surface area contributed by atoms with Crippen molar-refractivity contribution in [3.8, 4) is 0 Å². The molecule has 0 unspecified atom stereocenters. The van der Waals surface area contributed by atoms with E-state index in [1.807, 2.05) is 26.0 Å². The van der Waals surface area contributed by atoms with E-state index in [0.29, 0.717) is 29.7 Å². The van der Waals surface area contributed by atoms with E-state index in [1.165, 1.54) is 0 Å². The van der Waals surface area contributed by atoms with Crippen LogP contribution in [0.3, 0.4) is 0 Å². The van der Waals surface area contributed by atoms with Crippen molar-refractivity contribution in [3.63, 3.8) is 0 Å². The highest BCUT2D eigenvalue weighted by Gasteiger charge is 2.40. The predicted molar refractivity (Wildman–Crippen MR) is 98.6 cm³/mol. The zero-order valence-electron chi connectivity index (χ0n) is 15.3. The molecule has 1 amide bonds. The Morgan fingerprint density at radius 1 is 1.30 bits per heavy atom. The van der Waals surface area contributed by atoms with Gasteiger partial charge in [-0.15, -0.1) is 0 Å². The quantitative estimate of drug-likeness (QED) is 0.812. The number of carbonyl (C=O) groups is 2. The number of rotatable bonds is 6. The van der Waals surface area contributed by atoms with Gasteiger partial charge in [0.1, 0.15) is 0 Å². The standard InChI is InChI=1S/C19H22ClN3O4/c1-11(2)18-21-16(27-22-18)7-8-17(24)23-9-14(15(10-23)19(25)26)12-3-5-13(20)6-4-12/h3-6,11,14-15H,7-10H2,1-2H3,(H,25,26)/t14-,15+/m0/s1. The van der Waals surface area contributed by atoms with E-state index in [-0.39, 0.29) is 30.7 Å². The third-order valence-electron chi connectivity index (χ3n) is 4.84. The van der Waals surface area contributed by atoms with Gasteiger partial charge in [0, 0.05) is 42.8 Å². The molecule has 0 radical (unpaired) electrons. The van der Waals surface area contributed by atoms with E-state index >= 15 is 0 Å². The highest BCUT2D eigenvalue weighted by Crippen LogP contribution is 2.34. The largest absolute Gasteiger partial charge is 0.481 e. The lowest BCUT2D eigenvalue weighted by Crippen LogP contribution is -2.30. The maximum Gasteiger partial charge on any atom is 0.308 e.